The molecule has 0 spiro atoms. The standard InChI is InChI=1S/C46H51F4N5O7S/c1-27-11-7-4-5-10-14-36(51-31-20-29(46(48,49)50)19-30(47)21-31)42(57)55-26-33(23-39(55)41(56)53-45(25-35(27)45)43(58)54-63(59,60)44(2)17-18-44)62-40-24-37(28-12-8-6-9-13-28)52-38-22-32(61-3)15-16-34(38)40/h6,8-9,12-13,15-16,19-22,24,27,33,35-36,39,51H,4-5,7,10-11,14,17-18,23,25-26H2,1-3H3,(H,53,56)(H,54,58)/t27?,33-,35+,36+,39+,45-/m1/s1. The molecule has 12 nitrogen and oxygen atoms in total. The van der Waals surface area contributed by atoms with Crippen LogP contribution in [-0.2, 0) is 30.6 Å². The summed E-state index contributed by atoms with van der Waals surface area (Å²) in [5, 5.41) is 6.42. The van der Waals surface area contributed by atoms with E-state index < -0.39 is 73.8 Å². The summed E-state index contributed by atoms with van der Waals surface area (Å²) >= 11 is 0. The largest absolute Gasteiger partial charge is 0.497 e. The smallest absolute Gasteiger partial charge is 0.416 e. The normalized spacial score (nSPS) is 26.3. The second kappa shape index (κ2) is 16.9. The Labute approximate surface area is 363 Å². The lowest BCUT2D eigenvalue weighted by molar-refractivity contribution is -0.140. The highest BCUT2D eigenvalue weighted by atomic mass is 32.2. The number of benzene rings is 3. The summed E-state index contributed by atoms with van der Waals surface area (Å²) in [5.41, 5.74) is -1.11. The molecule has 2 saturated heterocycles. The number of rotatable bonds is 9. The minimum atomic E-state index is -4.86. The number of amides is 3. The minimum absolute atomic E-state index is 0.0581. The van der Waals surface area contributed by atoms with Gasteiger partial charge in [-0.3, -0.25) is 19.1 Å². The number of nitrogens with one attached hydrogen (secondary N) is 3. The summed E-state index contributed by atoms with van der Waals surface area (Å²) in [6.07, 6.45) is -1.26. The van der Waals surface area contributed by atoms with Crippen LogP contribution in [0.5, 0.6) is 11.5 Å². The van der Waals surface area contributed by atoms with Gasteiger partial charge in [0.15, 0.2) is 0 Å². The Morgan fingerprint density at radius 1 is 0.968 bits per heavy atom. The van der Waals surface area contributed by atoms with Gasteiger partial charge in [-0.15, -0.1) is 0 Å². The molecule has 1 aromatic heterocycles. The van der Waals surface area contributed by atoms with Crippen LogP contribution >= 0.6 is 0 Å². The number of methoxy groups -OCH3 is 1. The van der Waals surface area contributed by atoms with Crippen molar-refractivity contribution in [3.63, 3.8) is 0 Å². The molecule has 2 aliphatic heterocycles. The van der Waals surface area contributed by atoms with Crippen LogP contribution < -0.4 is 24.8 Å². The molecule has 2 saturated carbocycles. The van der Waals surface area contributed by atoms with Crippen LogP contribution in [0.3, 0.4) is 0 Å². The number of sulfonamides is 1. The Bertz CT molecular complexity index is 2520. The maximum Gasteiger partial charge on any atom is 0.416 e. The molecular formula is C46H51F4N5O7S. The number of hydrogen-bond acceptors (Lipinski definition) is 9. The fourth-order valence-corrected chi connectivity index (χ4v) is 10.4. The zero-order valence-corrected chi connectivity index (χ0v) is 36.1. The Kier molecular flexibility index (Phi) is 11.9. The van der Waals surface area contributed by atoms with Crippen molar-refractivity contribution in [3.8, 4) is 22.8 Å². The molecule has 3 amide bonds. The number of carbonyl (C=O) groups excluding carboxylic acids is 3. The number of fused-ring (bicyclic) bond motifs is 3. The quantitative estimate of drug-likeness (QED) is 0.143. The van der Waals surface area contributed by atoms with E-state index in [1.807, 2.05) is 37.3 Å². The van der Waals surface area contributed by atoms with Gasteiger partial charge in [-0.1, -0.05) is 69.4 Å². The Morgan fingerprint density at radius 3 is 2.40 bits per heavy atom. The van der Waals surface area contributed by atoms with Gasteiger partial charge in [-0.05, 0) is 74.8 Å². The maximum atomic E-state index is 14.9. The van der Waals surface area contributed by atoms with Gasteiger partial charge in [0.2, 0.25) is 21.8 Å². The van der Waals surface area contributed by atoms with Crippen molar-refractivity contribution >= 4 is 44.3 Å². The lowest BCUT2D eigenvalue weighted by Gasteiger charge is -2.30. The van der Waals surface area contributed by atoms with Gasteiger partial charge in [0.1, 0.15) is 41.0 Å². The second-order valence-electron chi connectivity index (χ2n) is 17.8. The first kappa shape index (κ1) is 44.2. The lowest BCUT2D eigenvalue weighted by Crippen LogP contribution is -2.58. The highest BCUT2D eigenvalue weighted by Gasteiger charge is 2.65. The van der Waals surface area contributed by atoms with Gasteiger partial charge < -0.3 is 25.0 Å². The Morgan fingerprint density at radius 2 is 1.70 bits per heavy atom. The Hall–Kier alpha value is -5.45. The van der Waals surface area contributed by atoms with Crippen molar-refractivity contribution in [2.75, 3.05) is 19.0 Å². The predicted octanol–water partition coefficient (Wildman–Crippen LogP) is 7.76. The third-order valence-corrected chi connectivity index (χ3v) is 15.4. The number of ether oxygens (including phenoxy) is 2. The molecule has 3 aromatic carbocycles. The Balaban J connectivity index is 1.16. The number of aromatic nitrogens is 1. The predicted molar refractivity (Wildman–Crippen MR) is 228 cm³/mol. The van der Waals surface area contributed by atoms with Gasteiger partial charge in [0, 0.05) is 35.2 Å². The van der Waals surface area contributed by atoms with Crippen LogP contribution in [0.25, 0.3) is 22.2 Å². The third kappa shape index (κ3) is 9.16. The average Bonchev–Trinajstić information content (AvgIpc) is 4.14. The number of nitrogens with zero attached hydrogens (tertiary/aromatic N) is 2. The van der Waals surface area contributed by atoms with Crippen molar-refractivity contribution in [3.05, 3.63) is 84.2 Å². The van der Waals surface area contributed by atoms with E-state index in [0.29, 0.717) is 66.3 Å². The molecule has 2 aliphatic carbocycles. The monoisotopic (exact) mass is 893 g/mol. The number of carbonyl (C=O) groups is 3. The average molecular weight is 894 g/mol. The van der Waals surface area contributed by atoms with Gasteiger partial charge in [-0.25, -0.2) is 17.8 Å². The van der Waals surface area contributed by atoms with E-state index in [-0.39, 0.29) is 43.3 Å². The minimum Gasteiger partial charge on any atom is -0.497 e. The van der Waals surface area contributed by atoms with Crippen molar-refractivity contribution in [1.29, 1.82) is 0 Å². The topological polar surface area (TPSA) is 156 Å². The molecule has 8 rings (SSSR count). The van der Waals surface area contributed by atoms with Crippen LogP contribution in [0.1, 0.15) is 83.6 Å². The maximum absolute atomic E-state index is 14.9. The van der Waals surface area contributed by atoms with Crippen LogP contribution in [0, 0.1) is 17.7 Å². The first-order valence-electron chi connectivity index (χ1n) is 21.4. The zero-order chi connectivity index (χ0) is 44.9. The van der Waals surface area contributed by atoms with Gasteiger partial charge in [-0.2, -0.15) is 13.2 Å². The van der Waals surface area contributed by atoms with E-state index in [1.54, 1.807) is 31.2 Å². The highest BCUT2D eigenvalue weighted by molar-refractivity contribution is 7.91. The molecular weight excluding hydrogens is 843 g/mol. The molecule has 0 bridgehead atoms. The molecule has 0 radical (unpaired) electrons. The van der Waals surface area contributed by atoms with Crippen molar-refractivity contribution in [2.45, 2.75) is 113 Å². The summed E-state index contributed by atoms with van der Waals surface area (Å²) in [7, 11) is -2.53. The molecule has 4 fully saturated rings. The summed E-state index contributed by atoms with van der Waals surface area (Å²) < 4.78 is 96.2. The molecule has 3 N–H and O–H groups in total. The van der Waals surface area contributed by atoms with Crippen molar-refractivity contribution in [1.82, 2.24) is 19.9 Å². The van der Waals surface area contributed by atoms with Crippen molar-refractivity contribution < 1.29 is 49.8 Å². The van der Waals surface area contributed by atoms with E-state index >= 15 is 0 Å². The summed E-state index contributed by atoms with van der Waals surface area (Å²) in [6.45, 7) is 3.40. The van der Waals surface area contributed by atoms with E-state index in [4.69, 9.17) is 14.5 Å². The van der Waals surface area contributed by atoms with Crippen LogP contribution in [0.15, 0.2) is 72.8 Å². The van der Waals surface area contributed by atoms with Crippen LogP contribution in [-0.4, -0.2) is 78.2 Å². The second-order valence-corrected chi connectivity index (χ2v) is 20.0. The van der Waals surface area contributed by atoms with E-state index in [9.17, 15) is 40.4 Å². The SMILES string of the molecule is COc1ccc2c(O[C@@H]3C[C@H]4C(=O)N[C@]5(C(=O)NS(=O)(=O)C6(C)CC6)C[C@H]5C(C)CCCCCC[C@H](Nc5cc(F)cc(C(F)(F)F)c5)C(=O)N4C3)cc(-c3ccccc3)nc2c1. The molecule has 6 atom stereocenters. The molecule has 3 heterocycles. The van der Waals surface area contributed by atoms with E-state index in [2.05, 4.69) is 15.4 Å². The van der Waals surface area contributed by atoms with Gasteiger partial charge >= 0.3 is 6.18 Å². The first-order valence-corrected chi connectivity index (χ1v) is 22.9. The van der Waals surface area contributed by atoms with E-state index in [0.717, 1.165) is 30.5 Å². The number of pyridine rings is 1. The summed E-state index contributed by atoms with van der Waals surface area (Å²) in [4.78, 5) is 50.0. The first-order chi connectivity index (χ1) is 29.9. The zero-order valence-electron chi connectivity index (χ0n) is 35.3. The van der Waals surface area contributed by atoms with E-state index in [1.165, 1.54) is 12.0 Å². The summed E-state index contributed by atoms with van der Waals surface area (Å²) in [5.74, 6) is -2.80. The van der Waals surface area contributed by atoms with Gasteiger partial charge in [0.05, 0.1) is 35.2 Å². The molecule has 1 unspecified atom stereocenters. The van der Waals surface area contributed by atoms with Crippen molar-refractivity contribution in [2.24, 2.45) is 11.8 Å². The van der Waals surface area contributed by atoms with Gasteiger partial charge in [0.25, 0.3) is 5.91 Å². The van der Waals surface area contributed by atoms with Crippen LogP contribution in [0.2, 0.25) is 0 Å². The van der Waals surface area contributed by atoms with Crippen LogP contribution in [0.4, 0.5) is 23.2 Å². The molecule has 17 heteroatoms. The number of anilines is 1. The number of hydrogen-bond donors (Lipinski definition) is 3. The number of halogens is 4. The molecule has 336 valence electrons. The lowest BCUT2D eigenvalue weighted by atomic mass is 9.94. The molecule has 63 heavy (non-hydrogen) atoms. The third-order valence-electron chi connectivity index (χ3n) is 13.2. The fourth-order valence-electron chi connectivity index (χ4n) is 9.10. The summed E-state index contributed by atoms with van der Waals surface area (Å²) in [6, 6.07) is 16.1. The number of alkyl halides is 3. The molecule has 4 aromatic rings. The highest BCUT2D eigenvalue weighted by Crippen LogP contribution is 2.51. The molecule has 4 aliphatic rings. The fraction of sp³-hybridized carbons (Fsp3) is 0.478.